The molecule has 1 N–H and O–H groups in total. The van der Waals surface area contributed by atoms with Gasteiger partial charge in [0.05, 0.1) is 6.04 Å². The van der Waals surface area contributed by atoms with Crippen LogP contribution in [0.2, 0.25) is 0 Å². The van der Waals surface area contributed by atoms with E-state index in [1.807, 2.05) is 24.0 Å². The lowest BCUT2D eigenvalue weighted by atomic mass is 10.1. The van der Waals surface area contributed by atoms with E-state index in [1.165, 1.54) is 5.56 Å². The number of anilines is 1. The van der Waals surface area contributed by atoms with Gasteiger partial charge in [-0.05, 0) is 31.0 Å². The van der Waals surface area contributed by atoms with Crippen molar-refractivity contribution in [1.29, 1.82) is 0 Å². The number of nitrogens with one attached hydrogen (secondary N) is 1. The van der Waals surface area contributed by atoms with Crippen molar-refractivity contribution < 1.29 is 0 Å². The first-order valence-corrected chi connectivity index (χ1v) is 6.03. The monoisotopic (exact) mass is 229 g/mol. The molecule has 1 aromatic carbocycles. The minimum absolute atomic E-state index is 0.211. The van der Waals surface area contributed by atoms with E-state index in [0.29, 0.717) is 0 Å². The molecule has 0 spiro atoms. The third-order valence-corrected chi connectivity index (χ3v) is 2.99. The quantitative estimate of drug-likeness (QED) is 0.872. The number of hydrogen-bond acceptors (Lipinski definition) is 2. The normalized spacial score (nSPS) is 12.4. The number of hydrogen-bond donors (Lipinski definition) is 1. The lowest BCUT2D eigenvalue weighted by Gasteiger charge is -2.15. The first-order chi connectivity index (χ1) is 8.20. The van der Waals surface area contributed by atoms with E-state index in [4.69, 9.17) is 0 Å². The number of benzene rings is 1. The Bertz CT molecular complexity index is 470. The summed E-state index contributed by atoms with van der Waals surface area (Å²) in [6.45, 7) is 4.29. The van der Waals surface area contributed by atoms with Crippen LogP contribution in [0, 0.1) is 0 Å². The van der Waals surface area contributed by atoms with E-state index in [2.05, 4.69) is 48.4 Å². The van der Waals surface area contributed by atoms with Crippen molar-refractivity contribution in [2.24, 2.45) is 7.05 Å². The van der Waals surface area contributed by atoms with Crippen LogP contribution in [0.5, 0.6) is 0 Å². The average Bonchev–Trinajstić information content (AvgIpc) is 2.76. The van der Waals surface area contributed by atoms with E-state index < -0.39 is 0 Å². The maximum atomic E-state index is 4.35. The maximum absolute atomic E-state index is 4.35. The molecular formula is C14H19N3. The van der Waals surface area contributed by atoms with E-state index in [1.54, 1.807) is 0 Å². The third-order valence-electron chi connectivity index (χ3n) is 2.99. The van der Waals surface area contributed by atoms with Crippen LogP contribution in [0.4, 0.5) is 5.69 Å². The molecule has 0 aliphatic carbocycles. The molecule has 17 heavy (non-hydrogen) atoms. The Morgan fingerprint density at radius 2 is 2.00 bits per heavy atom. The number of aryl methyl sites for hydroxylation is 2. The maximum Gasteiger partial charge on any atom is 0.130 e. The van der Waals surface area contributed by atoms with Crippen molar-refractivity contribution >= 4 is 5.69 Å². The molecule has 0 aliphatic rings. The van der Waals surface area contributed by atoms with Gasteiger partial charge < -0.3 is 9.88 Å². The topological polar surface area (TPSA) is 29.9 Å². The fourth-order valence-corrected chi connectivity index (χ4v) is 1.95. The minimum Gasteiger partial charge on any atom is -0.375 e. The van der Waals surface area contributed by atoms with Gasteiger partial charge in [0.2, 0.25) is 0 Å². The van der Waals surface area contributed by atoms with Crippen molar-refractivity contribution in [3.8, 4) is 0 Å². The van der Waals surface area contributed by atoms with E-state index in [9.17, 15) is 0 Å². The molecule has 0 saturated carbocycles. The van der Waals surface area contributed by atoms with Gasteiger partial charge >= 0.3 is 0 Å². The Balaban J connectivity index is 2.07. The van der Waals surface area contributed by atoms with Crippen LogP contribution in [0.3, 0.4) is 0 Å². The van der Waals surface area contributed by atoms with Crippen molar-refractivity contribution in [1.82, 2.24) is 9.55 Å². The summed E-state index contributed by atoms with van der Waals surface area (Å²) in [5, 5.41) is 3.45. The summed E-state index contributed by atoms with van der Waals surface area (Å²) in [7, 11) is 2.01. The van der Waals surface area contributed by atoms with Gasteiger partial charge in [-0.3, -0.25) is 0 Å². The Hall–Kier alpha value is -1.77. The van der Waals surface area contributed by atoms with E-state index in [-0.39, 0.29) is 6.04 Å². The van der Waals surface area contributed by atoms with Crippen LogP contribution < -0.4 is 5.32 Å². The lowest BCUT2D eigenvalue weighted by Crippen LogP contribution is -2.11. The predicted octanol–water partition coefficient (Wildman–Crippen LogP) is 3.16. The van der Waals surface area contributed by atoms with Crippen molar-refractivity contribution in [2.75, 3.05) is 5.32 Å². The van der Waals surface area contributed by atoms with Gasteiger partial charge in [-0.15, -0.1) is 0 Å². The van der Waals surface area contributed by atoms with Gasteiger partial charge in [-0.25, -0.2) is 4.98 Å². The summed E-state index contributed by atoms with van der Waals surface area (Å²) in [5.41, 5.74) is 2.50. The van der Waals surface area contributed by atoms with E-state index in [0.717, 1.165) is 17.9 Å². The Labute approximate surface area is 103 Å². The van der Waals surface area contributed by atoms with Crippen molar-refractivity contribution in [3.63, 3.8) is 0 Å². The number of rotatable bonds is 4. The average molecular weight is 229 g/mol. The summed E-state index contributed by atoms with van der Waals surface area (Å²) in [5.74, 6) is 1.05. The second-order valence-electron chi connectivity index (χ2n) is 4.31. The van der Waals surface area contributed by atoms with Crippen molar-refractivity contribution in [2.45, 2.75) is 26.3 Å². The highest BCUT2D eigenvalue weighted by molar-refractivity contribution is 5.45. The molecule has 2 rings (SSSR count). The van der Waals surface area contributed by atoms with Gasteiger partial charge in [0, 0.05) is 25.1 Å². The van der Waals surface area contributed by atoms with Crippen LogP contribution in [-0.2, 0) is 13.5 Å². The molecular weight excluding hydrogens is 210 g/mol. The highest BCUT2D eigenvalue weighted by Gasteiger charge is 2.09. The standard InChI is InChI=1S/C14H19N3/c1-4-12-5-7-13(8-6-12)16-11(2)14-15-9-10-17(14)3/h5-11,16H,4H2,1-3H3. The number of nitrogens with zero attached hydrogens (tertiary/aromatic N) is 2. The van der Waals surface area contributed by atoms with Crippen LogP contribution in [-0.4, -0.2) is 9.55 Å². The third kappa shape index (κ3) is 2.67. The Morgan fingerprint density at radius 1 is 1.29 bits per heavy atom. The molecule has 3 nitrogen and oxygen atoms in total. The van der Waals surface area contributed by atoms with Crippen LogP contribution in [0.15, 0.2) is 36.7 Å². The molecule has 1 heterocycles. The summed E-state index contributed by atoms with van der Waals surface area (Å²) in [6, 6.07) is 8.78. The second-order valence-corrected chi connectivity index (χ2v) is 4.31. The highest BCUT2D eigenvalue weighted by atomic mass is 15.1. The van der Waals surface area contributed by atoms with Gasteiger partial charge in [0.25, 0.3) is 0 Å². The Kier molecular flexibility index (Phi) is 3.47. The molecule has 3 heteroatoms. The molecule has 2 aromatic rings. The molecule has 0 fully saturated rings. The fourth-order valence-electron chi connectivity index (χ4n) is 1.95. The fraction of sp³-hybridized carbons (Fsp3) is 0.357. The number of imidazole rings is 1. The van der Waals surface area contributed by atoms with Crippen LogP contribution >= 0.6 is 0 Å². The summed E-state index contributed by atoms with van der Waals surface area (Å²) in [4.78, 5) is 4.35. The molecule has 0 radical (unpaired) electrons. The first-order valence-electron chi connectivity index (χ1n) is 6.03. The molecule has 1 unspecified atom stereocenters. The van der Waals surface area contributed by atoms with E-state index >= 15 is 0 Å². The van der Waals surface area contributed by atoms with Crippen LogP contribution in [0.25, 0.3) is 0 Å². The molecule has 1 aromatic heterocycles. The van der Waals surface area contributed by atoms with Gasteiger partial charge in [-0.1, -0.05) is 19.1 Å². The van der Waals surface area contributed by atoms with Gasteiger partial charge in [0.1, 0.15) is 5.82 Å². The first kappa shape index (κ1) is 11.7. The predicted molar refractivity (Wildman–Crippen MR) is 71.1 cm³/mol. The van der Waals surface area contributed by atoms with Crippen LogP contribution in [0.1, 0.15) is 31.3 Å². The second kappa shape index (κ2) is 5.04. The minimum atomic E-state index is 0.211. The number of aromatic nitrogens is 2. The van der Waals surface area contributed by atoms with Gasteiger partial charge in [0.15, 0.2) is 0 Å². The molecule has 90 valence electrons. The molecule has 0 amide bonds. The van der Waals surface area contributed by atoms with Crippen molar-refractivity contribution in [3.05, 3.63) is 48.0 Å². The van der Waals surface area contributed by atoms with Gasteiger partial charge in [-0.2, -0.15) is 0 Å². The zero-order valence-electron chi connectivity index (χ0n) is 10.6. The molecule has 0 bridgehead atoms. The zero-order chi connectivity index (χ0) is 12.3. The zero-order valence-corrected chi connectivity index (χ0v) is 10.6. The highest BCUT2D eigenvalue weighted by Crippen LogP contribution is 2.18. The summed E-state index contributed by atoms with van der Waals surface area (Å²) >= 11 is 0. The summed E-state index contributed by atoms with van der Waals surface area (Å²) in [6.07, 6.45) is 4.87. The lowest BCUT2D eigenvalue weighted by molar-refractivity contribution is 0.721. The SMILES string of the molecule is CCc1ccc(NC(C)c2nccn2C)cc1. The molecule has 0 aliphatic heterocycles. The molecule has 0 saturated heterocycles. The molecule has 1 atom stereocenters. The largest absolute Gasteiger partial charge is 0.375 e. The smallest absolute Gasteiger partial charge is 0.130 e. The summed E-state index contributed by atoms with van der Waals surface area (Å²) < 4.78 is 2.04. The Morgan fingerprint density at radius 3 is 2.53 bits per heavy atom.